The third-order valence-electron chi connectivity index (χ3n) is 7.07. The van der Waals surface area contributed by atoms with E-state index in [4.69, 9.17) is 9.47 Å². The van der Waals surface area contributed by atoms with Crippen LogP contribution in [0.15, 0.2) is 121 Å². The second-order valence-corrected chi connectivity index (χ2v) is 10.1. The lowest BCUT2D eigenvalue weighted by Gasteiger charge is -2.08. The summed E-state index contributed by atoms with van der Waals surface area (Å²) in [5.74, 6) is -1.94. The summed E-state index contributed by atoms with van der Waals surface area (Å²) in [7, 11) is 3.18. The molecule has 2 heterocycles. The molecule has 4 aromatic carbocycles. The van der Waals surface area contributed by atoms with Crippen LogP contribution in [0.3, 0.4) is 0 Å². The molecule has 2 N–H and O–H groups in total. The number of aromatic nitrogens is 4. The number of carboxylic acids is 2. The normalized spacial score (nSPS) is 10.7. The quantitative estimate of drug-likeness (QED) is 0.168. The Morgan fingerprint density at radius 2 is 1.00 bits per heavy atom. The van der Waals surface area contributed by atoms with Gasteiger partial charge in [0, 0.05) is 30.9 Å². The van der Waals surface area contributed by atoms with Gasteiger partial charge in [-0.2, -0.15) is 10.2 Å². The van der Waals surface area contributed by atoms with Crippen molar-refractivity contribution >= 4 is 11.9 Å². The molecule has 0 bridgehead atoms. The fourth-order valence-corrected chi connectivity index (χ4v) is 5.00. The van der Waals surface area contributed by atoms with Gasteiger partial charge in [0.05, 0.1) is 33.9 Å². The first-order chi connectivity index (χ1) is 22.4. The van der Waals surface area contributed by atoms with Gasteiger partial charge < -0.3 is 19.7 Å². The molecule has 0 aliphatic heterocycles. The van der Waals surface area contributed by atoms with Crippen molar-refractivity contribution < 1.29 is 29.3 Å². The van der Waals surface area contributed by atoms with Gasteiger partial charge >= 0.3 is 11.9 Å². The van der Waals surface area contributed by atoms with Crippen molar-refractivity contribution in [2.45, 2.75) is 13.5 Å². The highest BCUT2D eigenvalue weighted by Gasteiger charge is 2.18. The molecule has 0 unspecified atom stereocenters. The molecule has 0 spiro atoms. The molecule has 0 aliphatic carbocycles. The van der Waals surface area contributed by atoms with Gasteiger partial charge in [0.1, 0.15) is 13.5 Å². The highest BCUT2D eigenvalue weighted by molar-refractivity contribution is 5.96. The number of benzene rings is 4. The van der Waals surface area contributed by atoms with E-state index in [9.17, 15) is 19.8 Å². The summed E-state index contributed by atoms with van der Waals surface area (Å²) in [5.41, 5.74) is 6.62. The number of hydrogen-bond donors (Lipinski definition) is 2. The minimum absolute atomic E-state index is 0.231. The van der Waals surface area contributed by atoms with E-state index in [-0.39, 0.29) is 17.9 Å². The van der Waals surface area contributed by atoms with Crippen LogP contribution in [0.2, 0.25) is 0 Å². The first-order valence-corrected chi connectivity index (χ1v) is 14.3. The molecule has 0 amide bonds. The zero-order chi connectivity index (χ0) is 32.5. The predicted molar refractivity (Wildman–Crippen MR) is 174 cm³/mol. The summed E-state index contributed by atoms with van der Waals surface area (Å²) in [6.45, 7) is 0.537. The third-order valence-corrected chi connectivity index (χ3v) is 7.07. The van der Waals surface area contributed by atoms with Crippen LogP contribution in [-0.2, 0) is 22.9 Å². The van der Waals surface area contributed by atoms with Crippen LogP contribution >= 0.6 is 0 Å². The SMILES string of the molecule is COCn1nc(-c2ccccc2)cc1-c1ccccc1C(=O)O.COCn1nc(-c2ccccc2C(=O)O)cc1-c1ccccc1. The Bertz CT molecular complexity index is 1930. The maximum absolute atomic E-state index is 11.5. The molecule has 232 valence electrons. The van der Waals surface area contributed by atoms with Gasteiger partial charge in [-0.15, -0.1) is 0 Å². The first kappa shape index (κ1) is 31.6. The van der Waals surface area contributed by atoms with Crippen LogP contribution in [0.4, 0.5) is 0 Å². The molecule has 6 rings (SSSR count). The molecule has 2 aromatic heterocycles. The Kier molecular flexibility index (Phi) is 10.1. The third kappa shape index (κ3) is 7.10. The lowest BCUT2D eigenvalue weighted by Crippen LogP contribution is -2.06. The van der Waals surface area contributed by atoms with E-state index in [1.165, 1.54) is 0 Å². The van der Waals surface area contributed by atoms with E-state index < -0.39 is 11.9 Å². The topological polar surface area (TPSA) is 129 Å². The average molecular weight is 617 g/mol. The molecule has 0 aliphatic rings. The maximum atomic E-state index is 11.5. The Hall–Kier alpha value is -5.84. The number of rotatable bonds is 10. The summed E-state index contributed by atoms with van der Waals surface area (Å²) < 4.78 is 13.8. The summed E-state index contributed by atoms with van der Waals surface area (Å²) in [6, 6.07) is 37.1. The zero-order valence-electron chi connectivity index (χ0n) is 25.3. The van der Waals surface area contributed by atoms with Crippen LogP contribution < -0.4 is 0 Å². The number of methoxy groups -OCH3 is 2. The van der Waals surface area contributed by atoms with Crippen molar-refractivity contribution in [2.24, 2.45) is 0 Å². The van der Waals surface area contributed by atoms with Crippen molar-refractivity contribution in [1.29, 1.82) is 0 Å². The molecule has 0 fully saturated rings. The standard InChI is InChI=1S/2C18H16N2O3/c1-23-12-20-17(13-7-3-2-4-8-13)11-16(19-20)14-9-5-6-10-15(14)18(21)22;1-23-12-20-17(14-9-5-6-10-15(14)18(21)22)11-16(19-20)13-7-3-2-4-8-13/h2*2-11H,12H2,1H3,(H,21,22). The second kappa shape index (κ2) is 14.8. The van der Waals surface area contributed by atoms with E-state index in [0.717, 1.165) is 22.5 Å². The molecular formula is C36H32N4O6. The smallest absolute Gasteiger partial charge is 0.336 e. The summed E-state index contributed by atoms with van der Waals surface area (Å²) in [5, 5.41) is 27.8. The van der Waals surface area contributed by atoms with Gasteiger partial charge in [-0.1, -0.05) is 97.1 Å². The molecule has 0 saturated carbocycles. The summed E-state index contributed by atoms with van der Waals surface area (Å²) >= 11 is 0. The molecular weight excluding hydrogens is 584 g/mol. The molecule has 6 aromatic rings. The lowest BCUT2D eigenvalue weighted by atomic mass is 10.0. The van der Waals surface area contributed by atoms with E-state index >= 15 is 0 Å². The van der Waals surface area contributed by atoms with Crippen LogP contribution in [0.1, 0.15) is 20.7 Å². The van der Waals surface area contributed by atoms with Gasteiger partial charge in [-0.25, -0.2) is 19.0 Å². The van der Waals surface area contributed by atoms with Crippen LogP contribution in [0.5, 0.6) is 0 Å². The zero-order valence-corrected chi connectivity index (χ0v) is 25.3. The van der Waals surface area contributed by atoms with Crippen LogP contribution in [-0.4, -0.2) is 55.9 Å². The van der Waals surface area contributed by atoms with Crippen LogP contribution in [0, 0.1) is 0 Å². The minimum Gasteiger partial charge on any atom is -0.478 e. The van der Waals surface area contributed by atoms with Gasteiger partial charge in [-0.3, -0.25) is 0 Å². The lowest BCUT2D eigenvalue weighted by molar-refractivity contribution is 0.0686. The number of aromatic carboxylic acids is 2. The fraction of sp³-hybridized carbons (Fsp3) is 0.111. The van der Waals surface area contributed by atoms with Gasteiger partial charge in [0.25, 0.3) is 0 Å². The number of carbonyl (C=O) groups is 2. The molecule has 46 heavy (non-hydrogen) atoms. The van der Waals surface area contributed by atoms with Crippen molar-refractivity contribution in [2.75, 3.05) is 14.2 Å². The number of hydrogen-bond acceptors (Lipinski definition) is 6. The monoisotopic (exact) mass is 616 g/mol. The largest absolute Gasteiger partial charge is 0.478 e. The Morgan fingerprint density at radius 3 is 1.57 bits per heavy atom. The highest BCUT2D eigenvalue weighted by atomic mass is 16.5. The van der Waals surface area contributed by atoms with Gasteiger partial charge in [0.15, 0.2) is 0 Å². The molecule has 0 radical (unpaired) electrons. The molecule has 10 heteroatoms. The number of nitrogens with zero attached hydrogens (tertiary/aromatic N) is 4. The Morgan fingerprint density at radius 1 is 0.565 bits per heavy atom. The van der Waals surface area contributed by atoms with E-state index in [2.05, 4.69) is 10.2 Å². The Labute approximate surface area is 265 Å². The summed E-state index contributed by atoms with van der Waals surface area (Å²) in [4.78, 5) is 22.9. The van der Waals surface area contributed by atoms with E-state index in [1.54, 1.807) is 66.0 Å². The van der Waals surface area contributed by atoms with E-state index in [0.29, 0.717) is 29.2 Å². The first-order valence-electron chi connectivity index (χ1n) is 14.3. The maximum Gasteiger partial charge on any atom is 0.336 e. The second-order valence-electron chi connectivity index (χ2n) is 10.1. The van der Waals surface area contributed by atoms with Crippen molar-refractivity contribution in [3.63, 3.8) is 0 Å². The van der Waals surface area contributed by atoms with Crippen LogP contribution in [0.25, 0.3) is 45.0 Å². The average Bonchev–Trinajstić information content (AvgIpc) is 3.71. The predicted octanol–water partition coefficient (Wildman–Crippen LogP) is 7.04. The fourth-order valence-electron chi connectivity index (χ4n) is 5.00. The summed E-state index contributed by atoms with van der Waals surface area (Å²) in [6.07, 6.45) is 0. The molecule has 0 atom stereocenters. The van der Waals surface area contributed by atoms with Crippen molar-refractivity contribution in [3.05, 3.63) is 132 Å². The van der Waals surface area contributed by atoms with Crippen molar-refractivity contribution in [3.8, 4) is 45.0 Å². The molecule has 10 nitrogen and oxygen atoms in total. The number of carboxylic acid groups (broad SMARTS) is 2. The van der Waals surface area contributed by atoms with Crippen molar-refractivity contribution in [1.82, 2.24) is 19.6 Å². The highest BCUT2D eigenvalue weighted by Crippen LogP contribution is 2.30. The molecule has 0 saturated heterocycles. The number of ether oxygens (including phenoxy) is 2. The van der Waals surface area contributed by atoms with Gasteiger partial charge in [-0.05, 0) is 29.8 Å². The minimum atomic E-state index is -0.969. The Balaban J connectivity index is 0.000000181. The van der Waals surface area contributed by atoms with Gasteiger partial charge in [0.2, 0.25) is 0 Å². The van der Waals surface area contributed by atoms with E-state index in [1.807, 2.05) is 78.9 Å².